The summed E-state index contributed by atoms with van der Waals surface area (Å²) < 4.78 is 12.7. The lowest BCUT2D eigenvalue weighted by Crippen LogP contribution is -2.33. The molecule has 0 spiro atoms. The summed E-state index contributed by atoms with van der Waals surface area (Å²) in [5.41, 5.74) is 3.01. The fraction of sp³-hybridized carbons (Fsp3) is 0.364. The summed E-state index contributed by atoms with van der Waals surface area (Å²) in [5, 5.41) is 1.46. The highest BCUT2D eigenvalue weighted by molar-refractivity contribution is 6.35. The largest absolute Gasteiger partial charge is 0.463 e. The molecule has 0 amide bonds. The second-order valence-corrected chi connectivity index (χ2v) is 8.61. The third kappa shape index (κ3) is 2.85. The number of esters is 1. The molecule has 1 aromatic carbocycles. The molecular weight excluding hydrogens is 378 g/mol. The molecule has 0 fully saturated rings. The van der Waals surface area contributed by atoms with Crippen LogP contribution < -0.4 is 5.43 Å². The number of aromatic nitrogens is 1. The summed E-state index contributed by atoms with van der Waals surface area (Å²) in [6, 6.07) is 5.32. The van der Waals surface area contributed by atoms with Gasteiger partial charge in [-0.05, 0) is 36.5 Å². The molecule has 0 N–H and O–H groups in total. The third-order valence-electron chi connectivity index (χ3n) is 5.39. The van der Waals surface area contributed by atoms with Crippen molar-refractivity contribution in [2.75, 3.05) is 6.61 Å². The second kappa shape index (κ2) is 6.52. The highest BCUT2D eigenvalue weighted by Crippen LogP contribution is 2.46. The summed E-state index contributed by atoms with van der Waals surface area (Å²) in [5.74, 6) is -0.593. The number of fused-ring (bicyclic) bond motifs is 5. The van der Waals surface area contributed by atoms with Crippen LogP contribution in [-0.2, 0) is 11.2 Å². The molecule has 1 atom stereocenters. The molecule has 3 heterocycles. The van der Waals surface area contributed by atoms with Gasteiger partial charge in [-0.25, -0.2) is 4.79 Å². The van der Waals surface area contributed by atoms with Gasteiger partial charge in [0, 0.05) is 29.3 Å². The van der Waals surface area contributed by atoms with Crippen molar-refractivity contribution in [3.05, 3.63) is 57.0 Å². The van der Waals surface area contributed by atoms with Crippen LogP contribution in [0, 0.1) is 5.41 Å². The normalized spacial score (nSPS) is 16.0. The van der Waals surface area contributed by atoms with E-state index >= 15 is 0 Å². The monoisotopic (exact) mass is 399 g/mol. The molecule has 146 valence electrons. The molecule has 1 aliphatic rings. The van der Waals surface area contributed by atoms with E-state index in [4.69, 9.17) is 20.8 Å². The van der Waals surface area contributed by atoms with Crippen LogP contribution in [0.15, 0.2) is 39.9 Å². The van der Waals surface area contributed by atoms with E-state index in [2.05, 4.69) is 20.8 Å². The van der Waals surface area contributed by atoms with Gasteiger partial charge in [0.15, 0.2) is 11.0 Å². The predicted octanol–water partition coefficient (Wildman–Crippen LogP) is 5.23. The zero-order valence-corrected chi connectivity index (χ0v) is 17.1. The smallest absolute Gasteiger partial charge is 0.343 e. The Hall–Kier alpha value is -2.53. The van der Waals surface area contributed by atoms with E-state index in [-0.39, 0.29) is 29.1 Å². The Labute approximate surface area is 167 Å². The Morgan fingerprint density at radius 2 is 2.11 bits per heavy atom. The Morgan fingerprint density at radius 1 is 1.36 bits per heavy atom. The maximum absolute atomic E-state index is 12.7. The van der Waals surface area contributed by atoms with E-state index < -0.39 is 5.97 Å². The zero-order valence-electron chi connectivity index (χ0n) is 16.3. The molecule has 0 bridgehead atoms. The van der Waals surface area contributed by atoms with Crippen LogP contribution in [0.1, 0.15) is 49.7 Å². The van der Waals surface area contributed by atoms with Crippen LogP contribution in [0.5, 0.6) is 0 Å². The minimum absolute atomic E-state index is 0.0445. The van der Waals surface area contributed by atoms with Gasteiger partial charge in [-0.3, -0.25) is 4.79 Å². The molecular formula is C22H22ClNO4. The van der Waals surface area contributed by atoms with E-state index in [1.165, 1.54) is 6.07 Å². The molecule has 0 aliphatic carbocycles. The Morgan fingerprint density at radius 3 is 2.79 bits per heavy atom. The summed E-state index contributed by atoms with van der Waals surface area (Å²) in [6.07, 6.45) is 4.01. The summed E-state index contributed by atoms with van der Waals surface area (Å²) in [4.78, 5) is 25.0. The number of halogens is 1. The lowest BCUT2D eigenvalue weighted by Gasteiger charge is -2.39. The van der Waals surface area contributed by atoms with Gasteiger partial charge in [-0.15, -0.1) is 0 Å². The van der Waals surface area contributed by atoms with Crippen LogP contribution in [0.2, 0.25) is 5.02 Å². The fourth-order valence-corrected chi connectivity index (χ4v) is 4.26. The molecule has 5 nitrogen and oxygen atoms in total. The van der Waals surface area contributed by atoms with Crippen molar-refractivity contribution < 1.29 is 13.9 Å². The van der Waals surface area contributed by atoms with Gasteiger partial charge in [0.05, 0.1) is 23.6 Å². The van der Waals surface area contributed by atoms with Crippen LogP contribution in [0.3, 0.4) is 0 Å². The van der Waals surface area contributed by atoms with Gasteiger partial charge in [0.25, 0.3) is 0 Å². The Balaban J connectivity index is 2.03. The first kappa shape index (κ1) is 18.8. The van der Waals surface area contributed by atoms with Crippen molar-refractivity contribution in [1.82, 2.24) is 4.57 Å². The Bertz CT molecular complexity index is 1150. The number of hydrogen-bond acceptors (Lipinski definition) is 4. The number of benzene rings is 1. The summed E-state index contributed by atoms with van der Waals surface area (Å²) in [6.45, 7) is 8.39. The van der Waals surface area contributed by atoms with Crippen LogP contribution >= 0.6 is 11.6 Å². The average molecular weight is 400 g/mol. The van der Waals surface area contributed by atoms with Gasteiger partial charge >= 0.3 is 5.97 Å². The van der Waals surface area contributed by atoms with Crippen molar-refractivity contribution in [1.29, 1.82) is 0 Å². The number of hydrogen-bond donors (Lipinski definition) is 0. The zero-order chi connectivity index (χ0) is 20.2. The number of ether oxygens (including phenoxy) is 1. The average Bonchev–Trinajstić information content (AvgIpc) is 3.11. The van der Waals surface area contributed by atoms with E-state index in [0.717, 1.165) is 28.6 Å². The fourth-order valence-electron chi connectivity index (χ4n) is 4.01. The molecule has 0 saturated carbocycles. The molecule has 3 aromatic rings. The van der Waals surface area contributed by atoms with Crippen LogP contribution in [0.25, 0.3) is 22.2 Å². The lowest BCUT2D eigenvalue weighted by atomic mass is 9.78. The van der Waals surface area contributed by atoms with Crippen molar-refractivity contribution in [2.45, 2.75) is 40.2 Å². The summed E-state index contributed by atoms with van der Waals surface area (Å²) in [7, 11) is 0. The molecule has 28 heavy (non-hydrogen) atoms. The quantitative estimate of drug-likeness (QED) is 0.553. The molecule has 4 rings (SSSR count). The highest BCUT2D eigenvalue weighted by Gasteiger charge is 2.35. The van der Waals surface area contributed by atoms with E-state index in [9.17, 15) is 9.59 Å². The molecule has 6 heteroatoms. The number of carbonyl (C=O) groups is 1. The summed E-state index contributed by atoms with van der Waals surface area (Å²) >= 11 is 6.44. The maximum Gasteiger partial charge on any atom is 0.343 e. The predicted molar refractivity (Wildman–Crippen MR) is 109 cm³/mol. The van der Waals surface area contributed by atoms with Gasteiger partial charge < -0.3 is 13.7 Å². The van der Waals surface area contributed by atoms with Crippen molar-refractivity contribution in [3.8, 4) is 11.3 Å². The Kier molecular flexibility index (Phi) is 4.38. The first-order chi connectivity index (χ1) is 13.2. The van der Waals surface area contributed by atoms with Gasteiger partial charge in [-0.2, -0.15) is 0 Å². The first-order valence-electron chi connectivity index (χ1n) is 9.34. The standard InChI is InChI=1S/C22H22ClNO4/c1-5-27-21(26)15-11-24-17(10-18(15)25)14-8-16(23)20-12(6-7-28-20)13(14)9-19(24)22(2,3)4/h6-8,10-11,19H,5,9H2,1-4H3. The maximum atomic E-state index is 12.7. The van der Waals surface area contributed by atoms with Crippen LogP contribution in [-0.4, -0.2) is 17.1 Å². The highest BCUT2D eigenvalue weighted by atomic mass is 35.5. The van der Waals surface area contributed by atoms with Crippen molar-refractivity contribution >= 4 is 28.5 Å². The van der Waals surface area contributed by atoms with Crippen LogP contribution in [0.4, 0.5) is 0 Å². The molecule has 2 aromatic heterocycles. The minimum Gasteiger partial charge on any atom is -0.463 e. The number of furan rings is 1. The lowest BCUT2D eigenvalue weighted by molar-refractivity contribution is 0.0523. The minimum atomic E-state index is -0.593. The third-order valence-corrected chi connectivity index (χ3v) is 5.67. The number of carbonyl (C=O) groups excluding carboxylic acids is 1. The van der Waals surface area contributed by atoms with Crippen molar-refractivity contribution in [2.24, 2.45) is 5.41 Å². The first-order valence-corrected chi connectivity index (χ1v) is 9.72. The van der Waals surface area contributed by atoms with Gasteiger partial charge in [0.1, 0.15) is 5.56 Å². The second-order valence-electron chi connectivity index (χ2n) is 8.20. The van der Waals surface area contributed by atoms with E-state index in [1.54, 1.807) is 19.4 Å². The molecule has 0 radical (unpaired) electrons. The van der Waals surface area contributed by atoms with Gasteiger partial charge in [0.2, 0.25) is 0 Å². The molecule has 1 unspecified atom stereocenters. The topological polar surface area (TPSA) is 61.4 Å². The number of rotatable bonds is 2. The van der Waals surface area contributed by atoms with Gasteiger partial charge in [-0.1, -0.05) is 32.4 Å². The van der Waals surface area contributed by atoms with E-state index in [1.807, 2.05) is 16.7 Å². The van der Waals surface area contributed by atoms with Crippen molar-refractivity contribution in [3.63, 3.8) is 0 Å². The van der Waals surface area contributed by atoms with E-state index in [0.29, 0.717) is 10.6 Å². The number of nitrogens with zero attached hydrogens (tertiary/aromatic N) is 1. The molecule has 1 aliphatic heterocycles. The molecule has 0 saturated heterocycles. The number of pyridine rings is 1. The SMILES string of the molecule is CCOC(=O)c1cn2c(cc1=O)-c1cc(Cl)c3occc3c1CC2C(C)(C)C.